The predicted octanol–water partition coefficient (Wildman–Crippen LogP) is 1.99. The molecule has 0 saturated heterocycles. The summed E-state index contributed by atoms with van der Waals surface area (Å²) in [5.41, 5.74) is 1.45. The molecule has 2 aromatic heterocycles. The van der Waals surface area contributed by atoms with Gasteiger partial charge in [0.25, 0.3) is 0 Å². The molecule has 0 bridgehead atoms. The first-order valence-corrected chi connectivity index (χ1v) is 4.35. The van der Waals surface area contributed by atoms with Gasteiger partial charge in [0.15, 0.2) is 5.69 Å². The second kappa shape index (κ2) is 2.99. The van der Waals surface area contributed by atoms with Crippen LogP contribution in [0.5, 0.6) is 0 Å². The zero-order valence-electron chi connectivity index (χ0n) is 7.36. The van der Waals surface area contributed by atoms with Gasteiger partial charge in [0.2, 0.25) is 0 Å². The van der Waals surface area contributed by atoms with Crippen LogP contribution in [0.15, 0.2) is 18.3 Å². The molecule has 0 spiro atoms. The summed E-state index contributed by atoms with van der Waals surface area (Å²) in [7, 11) is 0. The molecular formula is C9H7ClN2O2. The summed E-state index contributed by atoms with van der Waals surface area (Å²) < 4.78 is 1.54. The molecule has 0 saturated carbocycles. The number of imidazole rings is 1. The van der Waals surface area contributed by atoms with Crippen LogP contribution in [0.25, 0.3) is 5.65 Å². The number of aromatic carboxylic acids is 1. The van der Waals surface area contributed by atoms with Crippen LogP contribution in [0.1, 0.15) is 16.1 Å². The molecule has 0 aliphatic rings. The highest BCUT2D eigenvalue weighted by atomic mass is 35.5. The van der Waals surface area contributed by atoms with E-state index in [4.69, 9.17) is 16.7 Å². The topological polar surface area (TPSA) is 54.6 Å². The number of carboxylic acid groups (broad SMARTS) is 1. The Kier molecular flexibility index (Phi) is 1.93. The van der Waals surface area contributed by atoms with Crippen LogP contribution in [0, 0.1) is 6.92 Å². The van der Waals surface area contributed by atoms with E-state index < -0.39 is 5.97 Å². The van der Waals surface area contributed by atoms with Gasteiger partial charge in [-0.25, -0.2) is 9.78 Å². The Morgan fingerprint density at radius 3 is 3.00 bits per heavy atom. The summed E-state index contributed by atoms with van der Waals surface area (Å²) in [6, 6.07) is 3.62. The van der Waals surface area contributed by atoms with Crippen molar-refractivity contribution in [3.8, 4) is 0 Å². The van der Waals surface area contributed by atoms with E-state index in [2.05, 4.69) is 4.98 Å². The average Bonchev–Trinajstić information content (AvgIpc) is 2.43. The highest BCUT2D eigenvalue weighted by Crippen LogP contribution is 2.18. The lowest BCUT2D eigenvalue weighted by atomic mass is 10.3. The highest BCUT2D eigenvalue weighted by Gasteiger charge is 2.15. The minimum Gasteiger partial charge on any atom is -0.476 e. The lowest BCUT2D eigenvalue weighted by Crippen LogP contribution is -1.96. The zero-order chi connectivity index (χ0) is 10.3. The normalized spacial score (nSPS) is 10.7. The van der Waals surface area contributed by atoms with E-state index in [0.717, 1.165) is 5.56 Å². The first-order valence-electron chi connectivity index (χ1n) is 3.97. The smallest absolute Gasteiger partial charge is 0.357 e. The van der Waals surface area contributed by atoms with Crippen molar-refractivity contribution in [1.29, 1.82) is 0 Å². The maximum absolute atomic E-state index is 10.7. The summed E-state index contributed by atoms with van der Waals surface area (Å²) in [5, 5.41) is 8.91. The van der Waals surface area contributed by atoms with Crippen molar-refractivity contribution in [2.75, 3.05) is 0 Å². The molecule has 72 valence electrons. The number of aryl methyl sites for hydroxylation is 1. The van der Waals surface area contributed by atoms with E-state index in [9.17, 15) is 4.79 Å². The van der Waals surface area contributed by atoms with Crippen molar-refractivity contribution in [2.24, 2.45) is 0 Å². The molecule has 0 unspecified atom stereocenters. The van der Waals surface area contributed by atoms with E-state index in [0.29, 0.717) is 5.65 Å². The van der Waals surface area contributed by atoms with Gasteiger partial charge < -0.3 is 5.11 Å². The van der Waals surface area contributed by atoms with Crippen molar-refractivity contribution in [1.82, 2.24) is 9.38 Å². The number of aromatic nitrogens is 2. The molecule has 2 aromatic rings. The molecule has 5 heteroatoms. The first kappa shape index (κ1) is 9.02. The monoisotopic (exact) mass is 210 g/mol. The number of carbonyl (C=O) groups is 1. The maximum atomic E-state index is 10.7. The molecule has 0 atom stereocenters. The summed E-state index contributed by atoms with van der Waals surface area (Å²) in [6.07, 6.45) is 1.70. The van der Waals surface area contributed by atoms with Crippen LogP contribution < -0.4 is 0 Å². The van der Waals surface area contributed by atoms with Gasteiger partial charge in [-0.15, -0.1) is 0 Å². The zero-order valence-corrected chi connectivity index (χ0v) is 8.12. The molecule has 0 aliphatic carbocycles. The van der Waals surface area contributed by atoms with Gasteiger partial charge in [0.1, 0.15) is 10.8 Å². The second-order valence-corrected chi connectivity index (χ2v) is 3.35. The predicted molar refractivity (Wildman–Crippen MR) is 51.9 cm³/mol. The maximum Gasteiger partial charge on any atom is 0.357 e. The van der Waals surface area contributed by atoms with E-state index in [1.165, 1.54) is 4.40 Å². The summed E-state index contributed by atoms with van der Waals surface area (Å²) in [6.45, 7) is 1.91. The molecule has 0 amide bonds. The van der Waals surface area contributed by atoms with Crippen LogP contribution in [0.3, 0.4) is 0 Å². The number of hydrogen-bond donors (Lipinski definition) is 1. The number of hydrogen-bond acceptors (Lipinski definition) is 2. The largest absolute Gasteiger partial charge is 0.476 e. The Morgan fingerprint density at radius 1 is 1.64 bits per heavy atom. The van der Waals surface area contributed by atoms with Crippen molar-refractivity contribution < 1.29 is 9.90 Å². The van der Waals surface area contributed by atoms with Gasteiger partial charge in [-0.05, 0) is 24.6 Å². The molecule has 14 heavy (non-hydrogen) atoms. The van der Waals surface area contributed by atoms with Crippen LogP contribution in [0.2, 0.25) is 5.15 Å². The minimum atomic E-state index is -1.11. The Labute approximate surface area is 84.8 Å². The van der Waals surface area contributed by atoms with Crippen LogP contribution >= 0.6 is 11.6 Å². The molecule has 1 N–H and O–H groups in total. The van der Waals surface area contributed by atoms with Crippen molar-refractivity contribution in [3.63, 3.8) is 0 Å². The molecule has 0 fully saturated rings. The lowest BCUT2D eigenvalue weighted by molar-refractivity contribution is 0.0691. The third-order valence-corrected chi connectivity index (χ3v) is 2.29. The third kappa shape index (κ3) is 1.24. The lowest BCUT2D eigenvalue weighted by Gasteiger charge is -1.94. The molecular weight excluding hydrogens is 204 g/mol. The Bertz CT molecular complexity index is 519. The SMILES string of the molecule is Cc1ccn2c(Cl)c(C(=O)O)nc2c1. The van der Waals surface area contributed by atoms with E-state index in [1.807, 2.05) is 13.0 Å². The van der Waals surface area contributed by atoms with Gasteiger partial charge in [0.05, 0.1) is 0 Å². The highest BCUT2D eigenvalue weighted by molar-refractivity contribution is 6.32. The molecule has 0 aliphatic heterocycles. The molecule has 0 aromatic carbocycles. The summed E-state index contributed by atoms with van der Waals surface area (Å²) in [5.74, 6) is -1.11. The number of halogens is 1. The summed E-state index contributed by atoms with van der Waals surface area (Å²) in [4.78, 5) is 14.6. The molecule has 2 heterocycles. The van der Waals surface area contributed by atoms with E-state index >= 15 is 0 Å². The Morgan fingerprint density at radius 2 is 2.36 bits per heavy atom. The molecule has 4 nitrogen and oxygen atoms in total. The van der Waals surface area contributed by atoms with Gasteiger partial charge in [-0.2, -0.15) is 0 Å². The van der Waals surface area contributed by atoms with Crippen LogP contribution in [0.4, 0.5) is 0 Å². The standard InChI is InChI=1S/C9H7ClN2O2/c1-5-2-3-12-6(4-5)11-7(8(12)10)9(13)14/h2-4H,1H3,(H,13,14). The van der Waals surface area contributed by atoms with Crippen LogP contribution in [-0.4, -0.2) is 20.5 Å². The van der Waals surface area contributed by atoms with Gasteiger partial charge in [0, 0.05) is 6.20 Å². The first-order chi connectivity index (χ1) is 6.59. The van der Waals surface area contributed by atoms with Crippen LogP contribution in [-0.2, 0) is 0 Å². The fourth-order valence-corrected chi connectivity index (χ4v) is 1.52. The minimum absolute atomic E-state index is 0.114. The number of rotatable bonds is 1. The number of fused-ring (bicyclic) bond motifs is 1. The summed E-state index contributed by atoms with van der Waals surface area (Å²) >= 11 is 5.82. The van der Waals surface area contributed by atoms with E-state index in [-0.39, 0.29) is 10.8 Å². The van der Waals surface area contributed by atoms with Gasteiger partial charge >= 0.3 is 5.97 Å². The number of pyridine rings is 1. The van der Waals surface area contributed by atoms with Gasteiger partial charge in [-0.3, -0.25) is 4.40 Å². The fraction of sp³-hybridized carbons (Fsp3) is 0.111. The quantitative estimate of drug-likeness (QED) is 0.783. The third-order valence-electron chi connectivity index (χ3n) is 1.93. The Hall–Kier alpha value is -1.55. The second-order valence-electron chi connectivity index (χ2n) is 2.99. The van der Waals surface area contributed by atoms with Crippen molar-refractivity contribution in [3.05, 3.63) is 34.7 Å². The van der Waals surface area contributed by atoms with Crippen molar-refractivity contribution >= 4 is 23.2 Å². The van der Waals surface area contributed by atoms with E-state index in [1.54, 1.807) is 12.3 Å². The fourth-order valence-electron chi connectivity index (χ4n) is 1.25. The number of nitrogens with zero attached hydrogens (tertiary/aromatic N) is 2. The Balaban J connectivity index is 2.79. The van der Waals surface area contributed by atoms with Crippen molar-refractivity contribution in [2.45, 2.75) is 6.92 Å². The average molecular weight is 211 g/mol. The molecule has 0 radical (unpaired) electrons. The van der Waals surface area contributed by atoms with Gasteiger partial charge in [-0.1, -0.05) is 11.6 Å². The number of carboxylic acids is 1. The molecule has 2 rings (SSSR count).